The number of nitrogens with two attached hydrogens (primary N) is 1. The van der Waals surface area contributed by atoms with Gasteiger partial charge in [0, 0.05) is 11.7 Å². The van der Waals surface area contributed by atoms with E-state index in [0.717, 1.165) is 0 Å². The van der Waals surface area contributed by atoms with Crippen LogP contribution in [-0.4, -0.2) is 34.4 Å². The van der Waals surface area contributed by atoms with E-state index in [0.29, 0.717) is 24.1 Å². The number of benzene rings is 1. The molecule has 0 aliphatic carbocycles. The van der Waals surface area contributed by atoms with Gasteiger partial charge in [-0.25, -0.2) is 21.6 Å². The molecule has 0 aromatic heterocycles. The Labute approximate surface area is 119 Å². The van der Waals surface area contributed by atoms with Crippen LogP contribution in [0.1, 0.15) is 18.4 Å². The van der Waals surface area contributed by atoms with Crippen LogP contribution in [-0.2, 0) is 25.6 Å². The van der Waals surface area contributed by atoms with E-state index in [9.17, 15) is 16.8 Å². The Morgan fingerprint density at radius 2 is 1.90 bits per heavy atom. The molecule has 0 saturated carbocycles. The highest BCUT2D eigenvalue weighted by molar-refractivity contribution is 7.91. The maximum Gasteiger partial charge on any atom is 0.216 e. The summed E-state index contributed by atoms with van der Waals surface area (Å²) in [6.45, 7) is 0. The number of nitrogen functional groups attached to an aromatic ring is 1. The van der Waals surface area contributed by atoms with Gasteiger partial charge in [-0.2, -0.15) is 0 Å². The molecule has 0 atom stereocenters. The highest BCUT2D eigenvalue weighted by Crippen LogP contribution is 2.15. The lowest BCUT2D eigenvalue weighted by Gasteiger charge is -2.22. The number of hydrogen-bond acceptors (Lipinski definition) is 5. The zero-order valence-electron chi connectivity index (χ0n) is 10.9. The summed E-state index contributed by atoms with van der Waals surface area (Å²) in [5.74, 6) is -0.0712. The lowest BCUT2D eigenvalue weighted by molar-refractivity contribution is 0.505. The summed E-state index contributed by atoms with van der Waals surface area (Å²) in [7, 11) is -6.48. The predicted molar refractivity (Wildman–Crippen MR) is 78.3 cm³/mol. The molecule has 1 aromatic carbocycles. The first-order chi connectivity index (χ1) is 9.26. The molecule has 0 radical (unpaired) electrons. The van der Waals surface area contributed by atoms with Crippen molar-refractivity contribution in [1.29, 1.82) is 0 Å². The zero-order valence-corrected chi connectivity index (χ0v) is 12.6. The molecular weight excluding hydrogens is 300 g/mol. The Kier molecular flexibility index (Phi) is 4.36. The molecule has 1 heterocycles. The average Bonchev–Trinajstić information content (AvgIpc) is 2.31. The Balaban J connectivity index is 1.98. The van der Waals surface area contributed by atoms with Gasteiger partial charge in [-0.05, 0) is 30.5 Å². The van der Waals surface area contributed by atoms with Gasteiger partial charge in [-0.15, -0.1) is 0 Å². The lowest BCUT2D eigenvalue weighted by atomic mass is 10.2. The number of rotatable bonds is 4. The predicted octanol–water partition coefficient (Wildman–Crippen LogP) is 0.265. The average molecular weight is 318 g/mol. The molecule has 1 fully saturated rings. The fourth-order valence-electron chi connectivity index (χ4n) is 2.21. The van der Waals surface area contributed by atoms with Crippen molar-refractivity contribution in [1.82, 2.24) is 4.72 Å². The summed E-state index contributed by atoms with van der Waals surface area (Å²) >= 11 is 0. The summed E-state index contributed by atoms with van der Waals surface area (Å²) in [6.07, 6.45) is 0.664. The van der Waals surface area contributed by atoms with Crippen molar-refractivity contribution in [3.05, 3.63) is 29.8 Å². The first-order valence-electron chi connectivity index (χ1n) is 6.31. The maximum absolute atomic E-state index is 12.0. The molecule has 1 aliphatic heterocycles. The Hall–Kier alpha value is -1.12. The van der Waals surface area contributed by atoms with Gasteiger partial charge in [-0.1, -0.05) is 12.1 Å². The van der Waals surface area contributed by atoms with Gasteiger partial charge in [0.25, 0.3) is 0 Å². The fraction of sp³-hybridized carbons (Fsp3) is 0.500. The quantitative estimate of drug-likeness (QED) is 0.775. The van der Waals surface area contributed by atoms with Crippen molar-refractivity contribution in [3.8, 4) is 0 Å². The highest BCUT2D eigenvalue weighted by Gasteiger charge is 2.26. The molecule has 0 amide bonds. The third-order valence-electron chi connectivity index (χ3n) is 3.21. The largest absolute Gasteiger partial charge is 0.399 e. The number of anilines is 1. The van der Waals surface area contributed by atoms with Gasteiger partial charge in [0.2, 0.25) is 10.0 Å². The summed E-state index contributed by atoms with van der Waals surface area (Å²) in [4.78, 5) is 0. The molecule has 6 nitrogen and oxygen atoms in total. The number of hydrogen-bond donors (Lipinski definition) is 2. The van der Waals surface area contributed by atoms with E-state index < -0.39 is 19.9 Å². The summed E-state index contributed by atoms with van der Waals surface area (Å²) in [5, 5.41) is 0. The molecule has 0 spiro atoms. The molecule has 3 N–H and O–H groups in total. The van der Waals surface area contributed by atoms with Crippen LogP contribution < -0.4 is 10.5 Å². The van der Waals surface area contributed by atoms with Gasteiger partial charge >= 0.3 is 0 Å². The first kappa shape index (κ1) is 15.3. The van der Waals surface area contributed by atoms with E-state index in [2.05, 4.69) is 4.72 Å². The van der Waals surface area contributed by atoms with E-state index in [4.69, 9.17) is 5.73 Å². The third kappa shape index (κ3) is 4.46. The summed E-state index contributed by atoms with van der Waals surface area (Å²) in [6, 6.07) is 6.40. The monoisotopic (exact) mass is 318 g/mol. The summed E-state index contributed by atoms with van der Waals surface area (Å²) in [5.41, 5.74) is 6.74. The van der Waals surface area contributed by atoms with E-state index in [-0.39, 0.29) is 23.3 Å². The zero-order chi connectivity index (χ0) is 14.8. The van der Waals surface area contributed by atoms with E-state index in [1.54, 1.807) is 24.3 Å². The van der Waals surface area contributed by atoms with Crippen LogP contribution in [0.4, 0.5) is 5.69 Å². The molecular formula is C12H18N2O4S2. The molecule has 8 heteroatoms. The van der Waals surface area contributed by atoms with Crippen molar-refractivity contribution in [2.75, 3.05) is 17.2 Å². The Morgan fingerprint density at radius 1 is 1.25 bits per heavy atom. The molecule has 1 aromatic rings. The maximum atomic E-state index is 12.0. The van der Waals surface area contributed by atoms with Crippen LogP contribution in [0.5, 0.6) is 0 Å². The molecule has 112 valence electrons. The summed E-state index contributed by atoms with van der Waals surface area (Å²) < 4.78 is 49.2. The SMILES string of the molecule is Nc1cccc(CS(=O)(=O)NC2CCS(=O)(=O)CC2)c1. The van der Waals surface area contributed by atoms with Crippen molar-refractivity contribution < 1.29 is 16.8 Å². The molecule has 2 rings (SSSR count). The Bertz CT molecular complexity index is 669. The molecule has 0 unspecified atom stereocenters. The molecule has 20 heavy (non-hydrogen) atoms. The first-order valence-corrected chi connectivity index (χ1v) is 9.78. The van der Waals surface area contributed by atoms with Crippen molar-refractivity contribution >= 4 is 25.5 Å². The van der Waals surface area contributed by atoms with Crippen LogP contribution >= 0.6 is 0 Å². The highest BCUT2D eigenvalue weighted by atomic mass is 32.2. The Morgan fingerprint density at radius 3 is 2.50 bits per heavy atom. The van der Waals surface area contributed by atoms with Crippen LogP contribution in [0, 0.1) is 0 Å². The number of nitrogens with one attached hydrogen (secondary N) is 1. The fourth-order valence-corrected chi connectivity index (χ4v) is 5.14. The van der Waals surface area contributed by atoms with Crippen LogP contribution in [0.3, 0.4) is 0 Å². The number of sulfone groups is 1. The number of sulfonamides is 1. The van der Waals surface area contributed by atoms with Crippen molar-refractivity contribution in [2.24, 2.45) is 0 Å². The van der Waals surface area contributed by atoms with Gasteiger partial charge in [0.15, 0.2) is 0 Å². The molecule has 0 bridgehead atoms. The van der Waals surface area contributed by atoms with Gasteiger partial charge in [0.05, 0.1) is 17.3 Å². The minimum Gasteiger partial charge on any atom is -0.399 e. The van der Waals surface area contributed by atoms with Crippen molar-refractivity contribution in [2.45, 2.75) is 24.6 Å². The molecule has 1 saturated heterocycles. The standard InChI is InChI=1S/C12H18N2O4S2/c13-11-3-1-2-10(8-11)9-20(17,18)14-12-4-6-19(15,16)7-5-12/h1-3,8,12,14H,4-7,9,13H2. The lowest BCUT2D eigenvalue weighted by Crippen LogP contribution is -2.41. The van der Waals surface area contributed by atoms with Crippen LogP contribution in [0.2, 0.25) is 0 Å². The van der Waals surface area contributed by atoms with Gasteiger partial charge in [0.1, 0.15) is 9.84 Å². The topological polar surface area (TPSA) is 106 Å². The second-order valence-electron chi connectivity index (χ2n) is 5.05. The minimum absolute atomic E-state index is 0.0402. The second-order valence-corrected chi connectivity index (χ2v) is 9.11. The minimum atomic E-state index is -3.49. The van der Waals surface area contributed by atoms with Crippen LogP contribution in [0.25, 0.3) is 0 Å². The van der Waals surface area contributed by atoms with E-state index >= 15 is 0 Å². The smallest absolute Gasteiger partial charge is 0.216 e. The van der Waals surface area contributed by atoms with Crippen LogP contribution in [0.15, 0.2) is 24.3 Å². The van der Waals surface area contributed by atoms with Gasteiger partial charge in [-0.3, -0.25) is 0 Å². The van der Waals surface area contributed by atoms with E-state index in [1.807, 2.05) is 0 Å². The molecule has 1 aliphatic rings. The normalized spacial score (nSPS) is 19.8. The second kappa shape index (κ2) is 5.71. The van der Waals surface area contributed by atoms with Crippen molar-refractivity contribution in [3.63, 3.8) is 0 Å². The van der Waals surface area contributed by atoms with E-state index in [1.165, 1.54) is 0 Å². The van der Waals surface area contributed by atoms with Gasteiger partial charge < -0.3 is 5.73 Å². The third-order valence-corrected chi connectivity index (χ3v) is 6.33.